The molecular formula is C16H27FIN3O2S. The Morgan fingerprint density at radius 2 is 1.79 bits per heavy atom. The number of sulfone groups is 1. The molecule has 0 aliphatic carbocycles. The van der Waals surface area contributed by atoms with E-state index in [1.165, 1.54) is 18.4 Å². The minimum Gasteiger partial charge on any atom is -0.357 e. The number of guanidine groups is 1. The maximum absolute atomic E-state index is 12.9. The molecule has 0 radical (unpaired) electrons. The second kappa shape index (κ2) is 10.2. The molecule has 0 fully saturated rings. The van der Waals surface area contributed by atoms with E-state index in [0.29, 0.717) is 19.0 Å². The summed E-state index contributed by atoms with van der Waals surface area (Å²) in [5.74, 6) is 0.325. The average molecular weight is 471 g/mol. The molecule has 0 saturated heterocycles. The number of nitrogens with zero attached hydrogens (tertiary/aromatic N) is 1. The average Bonchev–Trinajstić information content (AvgIpc) is 2.45. The van der Waals surface area contributed by atoms with Crippen LogP contribution in [0.5, 0.6) is 0 Å². The molecule has 0 atom stereocenters. The molecule has 2 N–H and O–H groups in total. The van der Waals surface area contributed by atoms with E-state index < -0.39 is 14.6 Å². The number of hydrogen-bond donors (Lipinski definition) is 2. The van der Waals surface area contributed by atoms with Gasteiger partial charge in [0.25, 0.3) is 0 Å². The number of rotatable bonds is 7. The zero-order chi connectivity index (χ0) is 17.5. The van der Waals surface area contributed by atoms with Crippen LogP contribution in [0.25, 0.3) is 0 Å². The minimum absolute atomic E-state index is 0. The second-order valence-corrected chi connectivity index (χ2v) is 8.68. The van der Waals surface area contributed by atoms with E-state index in [4.69, 9.17) is 0 Å². The number of halogens is 2. The van der Waals surface area contributed by atoms with Gasteiger partial charge in [-0.25, -0.2) is 12.8 Å². The van der Waals surface area contributed by atoms with Crippen LogP contribution in [0.15, 0.2) is 29.3 Å². The molecule has 0 spiro atoms. The van der Waals surface area contributed by atoms with Gasteiger partial charge in [-0.15, -0.1) is 24.0 Å². The van der Waals surface area contributed by atoms with E-state index in [9.17, 15) is 12.8 Å². The van der Waals surface area contributed by atoms with Crippen molar-refractivity contribution in [2.24, 2.45) is 4.99 Å². The first kappa shape index (κ1) is 23.1. The first-order chi connectivity index (χ1) is 10.7. The number of nitrogens with one attached hydrogen (secondary N) is 2. The normalized spacial score (nSPS) is 12.5. The second-order valence-electron chi connectivity index (χ2n) is 6.03. The molecule has 8 heteroatoms. The third-order valence-corrected chi connectivity index (χ3v) is 5.72. The smallest absolute Gasteiger partial charge is 0.191 e. The van der Waals surface area contributed by atoms with Crippen LogP contribution in [0.4, 0.5) is 4.39 Å². The fraction of sp³-hybridized carbons (Fsp3) is 0.562. The lowest BCUT2D eigenvalue weighted by Gasteiger charge is -2.21. The Hall–Kier alpha value is -0.900. The molecule has 0 aromatic heterocycles. The third kappa shape index (κ3) is 7.78. The maximum atomic E-state index is 12.9. The zero-order valence-electron chi connectivity index (χ0n) is 14.6. The highest BCUT2D eigenvalue weighted by Crippen LogP contribution is 2.15. The zero-order valence-corrected chi connectivity index (χ0v) is 17.7. The van der Waals surface area contributed by atoms with E-state index in [1.807, 2.05) is 6.92 Å². The van der Waals surface area contributed by atoms with Crippen molar-refractivity contribution in [3.05, 3.63) is 35.6 Å². The summed E-state index contributed by atoms with van der Waals surface area (Å²) in [4.78, 5) is 4.35. The topological polar surface area (TPSA) is 70.6 Å². The largest absolute Gasteiger partial charge is 0.357 e. The van der Waals surface area contributed by atoms with Crippen molar-refractivity contribution in [3.8, 4) is 0 Å². The van der Waals surface area contributed by atoms with Crippen LogP contribution in [0, 0.1) is 5.82 Å². The lowest BCUT2D eigenvalue weighted by molar-refractivity contribution is 0.554. The summed E-state index contributed by atoms with van der Waals surface area (Å²) in [6, 6.07) is 6.36. The summed E-state index contributed by atoms with van der Waals surface area (Å²) in [5.41, 5.74) is 1.02. The van der Waals surface area contributed by atoms with Crippen LogP contribution in [0.1, 0.15) is 26.3 Å². The molecule has 0 saturated carbocycles. The van der Waals surface area contributed by atoms with Gasteiger partial charge in [-0.2, -0.15) is 0 Å². The van der Waals surface area contributed by atoms with Crippen LogP contribution in [-0.4, -0.2) is 45.0 Å². The molecule has 138 valence electrons. The molecule has 24 heavy (non-hydrogen) atoms. The Balaban J connectivity index is 0.00000529. The molecule has 1 rings (SSSR count). The Morgan fingerprint density at radius 3 is 2.29 bits per heavy atom. The first-order valence-electron chi connectivity index (χ1n) is 7.62. The Morgan fingerprint density at radius 1 is 1.21 bits per heavy atom. The molecule has 0 unspecified atom stereocenters. The van der Waals surface area contributed by atoms with Gasteiger partial charge < -0.3 is 10.6 Å². The van der Waals surface area contributed by atoms with Crippen LogP contribution >= 0.6 is 24.0 Å². The van der Waals surface area contributed by atoms with E-state index in [0.717, 1.165) is 12.0 Å². The number of aliphatic imine (C=N–C) groups is 1. The standard InChI is InChI=1S/C16H26FN3O2S.HI/c1-5-18-15(20-12-16(2,3)23(4,21)22)19-11-10-13-6-8-14(17)9-7-13;/h6-9H,5,10-12H2,1-4H3,(H2,18,19,20);1H. The number of benzene rings is 1. The molecule has 0 amide bonds. The van der Waals surface area contributed by atoms with Crippen LogP contribution < -0.4 is 10.6 Å². The molecule has 0 bridgehead atoms. The van der Waals surface area contributed by atoms with Crippen molar-refractivity contribution in [2.75, 3.05) is 25.9 Å². The lowest BCUT2D eigenvalue weighted by atomic mass is 10.1. The molecule has 0 aliphatic rings. The predicted molar refractivity (Wildman–Crippen MR) is 108 cm³/mol. The molecule has 1 aromatic rings. The van der Waals surface area contributed by atoms with E-state index in [1.54, 1.807) is 26.0 Å². The lowest BCUT2D eigenvalue weighted by Crippen LogP contribution is -2.41. The van der Waals surface area contributed by atoms with Crippen LogP contribution in [-0.2, 0) is 16.3 Å². The van der Waals surface area contributed by atoms with Crippen molar-refractivity contribution in [1.29, 1.82) is 0 Å². The van der Waals surface area contributed by atoms with Gasteiger partial charge in [0.15, 0.2) is 15.8 Å². The van der Waals surface area contributed by atoms with Gasteiger partial charge >= 0.3 is 0 Å². The van der Waals surface area contributed by atoms with Crippen LogP contribution in [0.3, 0.4) is 0 Å². The summed E-state index contributed by atoms with van der Waals surface area (Å²) < 4.78 is 35.4. The minimum atomic E-state index is -3.18. The van der Waals surface area contributed by atoms with Gasteiger partial charge in [0.2, 0.25) is 0 Å². The molecule has 5 nitrogen and oxygen atoms in total. The summed E-state index contributed by atoms with van der Waals surface area (Å²) in [6.07, 6.45) is 1.94. The highest BCUT2D eigenvalue weighted by atomic mass is 127. The van der Waals surface area contributed by atoms with Gasteiger partial charge in [-0.3, -0.25) is 4.99 Å². The van der Waals surface area contributed by atoms with Crippen molar-refractivity contribution in [2.45, 2.75) is 31.9 Å². The summed E-state index contributed by atoms with van der Waals surface area (Å²) in [7, 11) is -3.18. The summed E-state index contributed by atoms with van der Waals surface area (Å²) in [6.45, 7) is 6.75. The van der Waals surface area contributed by atoms with E-state index in [-0.39, 0.29) is 36.3 Å². The van der Waals surface area contributed by atoms with Crippen molar-refractivity contribution in [1.82, 2.24) is 10.6 Å². The van der Waals surface area contributed by atoms with Gasteiger partial charge in [0.1, 0.15) is 5.82 Å². The Bertz CT molecular complexity index is 631. The molecule has 0 aliphatic heterocycles. The Kier molecular flexibility index (Phi) is 9.79. The van der Waals surface area contributed by atoms with Gasteiger partial charge in [0, 0.05) is 19.3 Å². The summed E-state index contributed by atoms with van der Waals surface area (Å²) >= 11 is 0. The van der Waals surface area contributed by atoms with Gasteiger partial charge in [-0.1, -0.05) is 12.1 Å². The van der Waals surface area contributed by atoms with Crippen LogP contribution in [0.2, 0.25) is 0 Å². The monoisotopic (exact) mass is 471 g/mol. The fourth-order valence-corrected chi connectivity index (χ4v) is 2.00. The Labute approximate surface area is 161 Å². The van der Waals surface area contributed by atoms with Crippen molar-refractivity contribution < 1.29 is 12.8 Å². The molecule has 1 aromatic carbocycles. The maximum Gasteiger partial charge on any atom is 0.191 e. The first-order valence-corrected chi connectivity index (χ1v) is 9.51. The number of hydrogen-bond acceptors (Lipinski definition) is 3. The van der Waals surface area contributed by atoms with Gasteiger partial charge in [-0.05, 0) is 44.9 Å². The van der Waals surface area contributed by atoms with Crippen molar-refractivity contribution in [3.63, 3.8) is 0 Å². The fourth-order valence-electron chi connectivity index (χ4n) is 1.70. The predicted octanol–water partition coefficient (Wildman–Crippen LogP) is 2.36. The SMILES string of the molecule is CCNC(=NCC(C)(C)S(C)(=O)=O)NCCc1ccc(F)cc1.I. The van der Waals surface area contributed by atoms with E-state index in [2.05, 4.69) is 15.6 Å². The highest BCUT2D eigenvalue weighted by Gasteiger charge is 2.29. The quantitative estimate of drug-likeness (QED) is 0.364. The summed E-state index contributed by atoms with van der Waals surface area (Å²) in [5, 5.41) is 6.24. The third-order valence-electron chi connectivity index (χ3n) is 3.59. The van der Waals surface area contributed by atoms with E-state index >= 15 is 0 Å². The molecule has 0 heterocycles. The van der Waals surface area contributed by atoms with Crippen molar-refractivity contribution >= 4 is 39.8 Å². The molecular weight excluding hydrogens is 444 g/mol. The van der Waals surface area contributed by atoms with Gasteiger partial charge in [0.05, 0.1) is 11.3 Å². The highest BCUT2D eigenvalue weighted by molar-refractivity contribution is 14.0.